The van der Waals surface area contributed by atoms with Crippen molar-refractivity contribution in [2.75, 3.05) is 40.3 Å². The highest BCUT2D eigenvalue weighted by Crippen LogP contribution is 2.27. The summed E-state index contributed by atoms with van der Waals surface area (Å²) in [5.41, 5.74) is 0. The van der Waals surface area contributed by atoms with Crippen LogP contribution in [0.25, 0.3) is 0 Å². The highest BCUT2D eigenvalue weighted by atomic mass is 35.5. The first-order chi connectivity index (χ1) is 11.9. The summed E-state index contributed by atoms with van der Waals surface area (Å²) in [6.07, 6.45) is 1.76. The lowest BCUT2D eigenvalue weighted by atomic mass is 9.97. The second-order valence-corrected chi connectivity index (χ2v) is 7.12. The van der Waals surface area contributed by atoms with Crippen LogP contribution < -0.4 is 10.1 Å². The molecular formula is C17H23Cl2N3O3. The summed E-state index contributed by atoms with van der Waals surface area (Å²) in [6.45, 7) is 1.92. The summed E-state index contributed by atoms with van der Waals surface area (Å²) < 4.78 is 5.41. The van der Waals surface area contributed by atoms with E-state index < -0.39 is 0 Å². The number of likely N-dealkylation sites (tertiary alicyclic amines) is 1. The Balaban J connectivity index is 1.68. The summed E-state index contributed by atoms with van der Waals surface area (Å²) >= 11 is 11.8. The van der Waals surface area contributed by atoms with E-state index in [1.54, 1.807) is 37.2 Å². The van der Waals surface area contributed by atoms with Gasteiger partial charge in [-0.3, -0.25) is 4.79 Å². The molecule has 0 aliphatic carbocycles. The Morgan fingerprint density at radius 1 is 1.28 bits per heavy atom. The summed E-state index contributed by atoms with van der Waals surface area (Å²) in [4.78, 5) is 27.2. The van der Waals surface area contributed by atoms with Gasteiger partial charge in [0.2, 0.25) is 0 Å². The van der Waals surface area contributed by atoms with Crippen LogP contribution in [-0.4, -0.2) is 62.1 Å². The van der Waals surface area contributed by atoms with Gasteiger partial charge in [0.1, 0.15) is 5.75 Å². The topological polar surface area (TPSA) is 61.9 Å². The van der Waals surface area contributed by atoms with Crippen LogP contribution in [0.15, 0.2) is 18.2 Å². The molecule has 0 radical (unpaired) electrons. The highest BCUT2D eigenvalue weighted by Gasteiger charge is 2.23. The number of halogens is 2. The molecule has 8 heteroatoms. The van der Waals surface area contributed by atoms with E-state index in [9.17, 15) is 9.59 Å². The predicted octanol–water partition coefficient (Wildman–Crippen LogP) is 2.88. The quantitative estimate of drug-likeness (QED) is 0.844. The average Bonchev–Trinajstić information content (AvgIpc) is 2.59. The molecule has 0 spiro atoms. The van der Waals surface area contributed by atoms with Gasteiger partial charge >= 0.3 is 6.03 Å². The molecule has 138 valence electrons. The molecule has 0 atom stereocenters. The fourth-order valence-corrected chi connectivity index (χ4v) is 3.12. The first-order valence-corrected chi connectivity index (χ1v) is 8.93. The van der Waals surface area contributed by atoms with Crippen molar-refractivity contribution in [2.45, 2.75) is 12.8 Å². The fourth-order valence-electron chi connectivity index (χ4n) is 2.66. The largest absolute Gasteiger partial charge is 0.482 e. The van der Waals surface area contributed by atoms with Crippen molar-refractivity contribution in [3.05, 3.63) is 28.2 Å². The Bertz CT molecular complexity index is 617. The molecule has 1 aromatic carbocycles. The van der Waals surface area contributed by atoms with Crippen molar-refractivity contribution in [1.82, 2.24) is 15.1 Å². The third-order valence-corrected chi connectivity index (χ3v) is 4.64. The maximum absolute atomic E-state index is 11.9. The molecule has 1 saturated heterocycles. The lowest BCUT2D eigenvalue weighted by molar-refractivity contribution is -0.123. The molecule has 0 bridgehead atoms. The minimum Gasteiger partial charge on any atom is -0.482 e. The van der Waals surface area contributed by atoms with E-state index in [0.717, 1.165) is 12.8 Å². The van der Waals surface area contributed by atoms with E-state index >= 15 is 0 Å². The van der Waals surface area contributed by atoms with Gasteiger partial charge in [0, 0.05) is 38.8 Å². The van der Waals surface area contributed by atoms with Crippen LogP contribution in [0.2, 0.25) is 10.0 Å². The first kappa shape index (κ1) is 19.7. The number of piperidine rings is 1. The summed E-state index contributed by atoms with van der Waals surface area (Å²) in [5, 5.41) is 3.76. The molecule has 1 N–H and O–H groups in total. The SMILES string of the molecule is CN(C)C(=O)N1CCC(CNC(=O)COc2ccc(Cl)cc2Cl)CC1. The lowest BCUT2D eigenvalue weighted by Crippen LogP contribution is -2.45. The molecule has 1 heterocycles. The Labute approximate surface area is 158 Å². The number of nitrogens with zero attached hydrogens (tertiary/aromatic N) is 2. The maximum Gasteiger partial charge on any atom is 0.319 e. The van der Waals surface area contributed by atoms with Gasteiger partial charge in [-0.25, -0.2) is 4.79 Å². The number of rotatable bonds is 5. The van der Waals surface area contributed by atoms with Crippen molar-refractivity contribution >= 4 is 35.1 Å². The van der Waals surface area contributed by atoms with Gasteiger partial charge < -0.3 is 19.9 Å². The molecule has 0 unspecified atom stereocenters. The number of carbonyl (C=O) groups excluding carboxylic acids is 2. The van der Waals surface area contributed by atoms with Gasteiger partial charge in [-0.05, 0) is 37.0 Å². The molecule has 1 aliphatic heterocycles. The summed E-state index contributed by atoms with van der Waals surface area (Å²) in [5.74, 6) is 0.601. The Morgan fingerprint density at radius 2 is 1.96 bits per heavy atom. The van der Waals surface area contributed by atoms with Gasteiger partial charge in [0.05, 0.1) is 5.02 Å². The van der Waals surface area contributed by atoms with Gasteiger partial charge in [0.25, 0.3) is 5.91 Å². The van der Waals surface area contributed by atoms with Crippen LogP contribution in [0, 0.1) is 5.92 Å². The minimum atomic E-state index is -0.196. The molecule has 1 aromatic rings. The smallest absolute Gasteiger partial charge is 0.319 e. The number of carbonyl (C=O) groups is 2. The Kier molecular flexibility index (Phi) is 7.20. The van der Waals surface area contributed by atoms with Crippen molar-refractivity contribution in [3.8, 4) is 5.75 Å². The second-order valence-electron chi connectivity index (χ2n) is 6.27. The molecule has 1 aliphatic rings. The normalized spacial score (nSPS) is 15.0. The molecule has 0 aromatic heterocycles. The van der Waals surface area contributed by atoms with Crippen molar-refractivity contribution in [3.63, 3.8) is 0 Å². The monoisotopic (exact) mass is 387 g/mol. The first-order valence-electron chi connectivity index (χ1n) is 8.17. The Morgan fingerprint density at radius 3 is 2.56 bits per heavy atom. The molecule has 6 nitrogen and oxygen atoms in total. The zero-order valence-electron chi connectivity index (χ0n) is 14.4. The lowest BCUT2D eigenvalue weighted by Gasteiger charge is -2.33. The summed E-state index contributed by atoms with van der Waals surface area (Å²) in [6, 6.07) is 4.90. The van der Waals surface area contributed by atoms with E-state index in [1.165, 1.54) is 0 Å². The van der Waals surface area contributed by atoms with Crippen LogP contribution in [0.1, 0.15) is 12.8 Å². The summed E-state index contributed by atoms with van der Waals surface area (Å²) in [7, 11) is 3.50. The van der Waals surface area contributed by atoms with Crippen LogP contribution in [-0.2, 0) is 4.79 Å². The van der Waals surface area contributed by atoms with Crippen molar-refractivity contribution in [2.24, 2.45) is 5.92 Å². The van der Waals surface area contributed by atoms with Crippen LogP contribution in [0.3, 0.4) is 0 Å². The van der Waals surface area contributed by atoms with E-state index in [-0.39, 0.29) is 18.5 Å². The predicted molar refractivity (Wildman–Crippen MR) is 98.3 cm³/mol. The van der Waals surface area contributed by atoms with Crippen LogP contribution in [0.4, 0.5) is 4.79 Å². The van der Waals surface area contributed by atoms with Crippen LogP contribution >= 0.6 is 23.2 Å². The third kappa shape index (κ3) is 5.97. The molecule has 1 fully saturated rings. The highest BCUT2D eigenvalue weighted by molar-refractivity contribution is 6.35. The number of urea groups is 1. The van der Waals surface area contributed by atoms with Crippen molar-refractivity contribution in [1.29, 1.82) is 0 Å². The standard InChI is InChI=1S/C17H23Cl2N3O3/c1-21(2)17(24)22-7-5-12(6-8-22)10-20-16(23)11-25-15-4-3-13(18)9-14(15)19/h3-4,9,12H,5-8,10-11H2,1-2H3,(H,20,23). The van der Waals surface area contributed by atoms with E-state index in [1.807, 2.05) is 4.90 Å². The van der Waals surface area contributed by atoms with Gasteiger partial charge in [-0.15, -0.1) is 0 Å². The minimum absolute atomic E-state index is 0.0377. The van der Waals surface area contributed by atoms with Gasteiger partial charge in [0.15, 0.2) is 6.61 Å². The molecular weight excluding hydrogens is 365 g/mol. The number of nitrogens with one attached hydrogen (secondary N) is 1. The maximum atomic E-state index is 11.9. The molecule has 25 heavy (non-hydrogen) atoms. The van der Waals surface area contributed by atoms with Crippen LogP contribution in [0.5, 0.6) is 5.75 Å². The number of hydrogen-bond donors (Lipinski definition) is 1. The van der Waals surface area contributed by atoms with Crippen molar-refractivity contribution < 1.29 is 14.3 Å². The average molecular weight is 388 g/mol. The van der Waals surface area contributed by atoms with E-state index in [4.69, 9.17) is 27.9 Å². The van der Waals surface area contributed by atoms with Gasteiger partial charge in [-0.1, -0.05) is 23.2 Å². The molecule has 3 amide bonds. The Hall–Kier alpha value is -1.66. The molecule has 0 saturated carbocycles. The number of hydrogen-bond acceptors (Lipinski definition) is 3. The zero-order valence-corrected chi connectivity index (χ0v) is 15.9. The van der Waals surface area contributed by atoms with Gasteiger partial charge in [-0.2, -0.15) is 0 Å². The van der Waals surface area contributed by atoms with E-state index in [0.29, 0.717) is 41.3 Å². The fraction of sp³-hybridized carbons (Fsp3) is 0.529. The molecule has 2 rings (SSSR count). The number of benzene rings is 1. The third-order valence-electron chi connectivity index (χ3n) is 4.11. The zero-order chi connectivity index (χ0) is 18.4. The number of ether oxygens (including phenoxy) is 1. The second kappa shape index (κ2) is 9.15. The number of amides is 3. The van der Waals surface area contributed by atoms with E-state index in [2.05, 4.69) is 5.32 Å².